The molecule has 0 saturated carbocycles. The van der Waals surface area contributed by atoms with Crippen LogP contribution >= 0.6 is 11.5 Å². The van der Waals surface area contributed by atoms with E-state index >= 15 is 0 Å². The summed E-state index contributed by atoms with van der Waals surface area (Å²) in [7, 11) is 0. The summed E-state index contributed by atoms with van der Waals surface area (Å²) in [6, 6.07) is -0.900. The molecule has 0 aromatic carbocycles. The molecule has 1 aromatic heterocycles. The second-order valence-electron chi connectivity index (χ2n) is 1.61. The lowest BCUT2D eigenvalue weighted by Gasteiger charge is -1.93. The number of carbonyl (C=O) groups is 2. The van der Waals surface area contributed by atoms with Gasteiger partial charge in [0.05, 0.1) is 0 Å². The zero-order valence-corrected chi connectivity index (χ0v) is 6.09. The number of nitrogens with two attached hydrogens (primary N) is 1. The molecule has 3 amide bonds. The van der Waals surface area contributed by atoms with Crippen LogP contribution in [-0.2, 0) is 0 Å². The maximum atomic E-state index is 10.8. The Morgan fingerprint density at radius 3 is 2.82 bits per heavy atom. The summed E-state index contributed by atoms with van der Waals surface area (Å²) in [4.78, 5) is 21.0. The molecule has 0 radical (unpaired) electrons. The molecule has 11 heavy (non-hydrogen) atoms. The lowest BCUT2D eigenvalue weighted by atomic mass is 10.5. The summed E-state index contributed by atoms with van der Waals surface area (Å²) in [5.41, 5.74) is 4.78. The molecule has 1 aromatic rings. The van der Waals surface area contributed by atoms with Crippen molar-refractivity contribution < 1.29 is 9.59 Å². The lowest BCUT2D eigenvalue weighted by Crippen LogP contribution is -2.35. The van der Waals surface area contributed by atoms with Crippen molar-refractivity contribution in [3.8, 4) is 0 Å². The van der Waals surface area contributed by atoms with Gasteiger partial charge in [-0.1, -0.05) is 4.49 Å². The number of amides is 3. The molecule has 0 bridgehead atoms. The highest BCUT2D eigenvalue weighted by molar-refractivity contribution is 7.03. The van der Waals surface area contributed by atoms with E-state index in [4.69, 9.17) is 0 Å². The van der Waals surface area contributed by atoms with Crippen molar-refractivity contribution in [3.63, 3.8) is 0 Å². The van der Waals surface area contributed by atoms with Gasteiger partial charge in [-0.3, -0.25) is 10.1 Å². The summed E-state index contributed by atoms with van der Waals surface area (Å²) in [6.45, 7) is 0. The number of nitrogens with zero attached hydrogens (tertiary/aromatic N) is 2. The minimum atomic E-state index is -0.900. The third-order valence-corrected chi connectivity index (χ3v) is 1.33. The number of aromatic nitrogens is 2. The molecule has 0 unspecified atom stereocenters. The van der Waals surface area contributed by atoms with Crippen molar-refractivity contribution in [1.82, 2.24) is 14.9 Å². The molecule has 6 nitrogen and oxygen atoms in total. The summed E-state index contributed by atoms with van der Waals surface area (Å²) in [5, 5.41) is 6.68. The van der Waals surface area contributed by atoms with Crippen molar-refractivity contribution in [2.24, 2.45) is 5.73 Å². The fourth-order valence-electron chi connectivity index (χ4n) is 0.439. The van der Waals surface area contributed by atoms with Gasteiger partial charge in [0.25, 0.3) is 5.91 Å². The van der Waals surface area contributed by atoms with Crippen LogP contribution in [-0.4, -0.2) is 21.5 Å². The van der Waals surface area contributed by atoms with E-state index in [2.05, 4.69) is 15.3 Å². The number of imide groups is 1. The predicted molar refractivity (Wildman–Crippen MR) is 37.0 cm³/mol. The molecule has 1 rings (SSSR count). The van der Waals surface area contributed by atoms with Crippen LogP contribution in [0.15, 0.2) is 5.38 Å². The fraction of sp³-hybridized carbons (Fsp3) is 0. The van der Waals surface area contributed by atoms with Crippen LogP contribution in [0.4, 0.5) is 4.79 Å². The Bertz CT molecular complexity index is 270. The van der Waals surface area contributed by atoms with E-state index in [0.717, 1.165) is 11.5 Å². The van der Waals surface area contributed by atoms with E-state index in [0.29, 0.717) is 0 Å². The monoisotopic (exact) mass is 172 g/mol. The first-order valence-corrected chi connectivity index (χ1v) is 3.41. The average molecular weight is 172 g/mol. The van der Waals surface area contributed by atoms with Crippen LogP contribution in [0.25, 0.3) is 0 Å². The zero-order valence-electron chi connectivity index (χ0n) is 5.27. The number of urea groups is 1. The largest absolute Gasteiger partial charge is 0.351 e. The number of hydrogen-bond donors (Lipinski definition) is 2. The van der Waals surface area contributed by atoms with E-state index in [9.17, 15) is 9.59 Å². The van der Waals surface area contributed by atoms with Gasteiger partial charge in [-0.25, -0.2) is 4.79 Å². The molecular formula is C4H4N4O2S. The van der Waals surface area contributed by atoms with Gasteiger partial charge in [0, 0.05) is 5.38 Å². The first-order chi connectivity index (χ1) is 5.20. The van der Waals surface area contributed by atoms with Gasteiger partial charge < -0.3 is 5.73 Å². The van der Waals surface area contributed by atoms with E-state index in [1.165, 1.54) is 5.38 Å². The maximum absolute atomic E-state index is 10.8. The molecule has 3 N–H and O–H groups in total. The van der Waals surface area contributed by atoms with Gasteiger partial charge in [0.15, 0.2) is 5.69 Å². The van der Waals surface area contributed by atoms with Crippen molar-refractivity contribution in [1.29, 1.82) is 0 Å². The lowest BCUT2D eigenvalue weighted by molar-refractivity contribution is 0.0961. The summed E-state index contributed by atoms with van der Waals surface area (Å²) in [6.07, 6.45) is 0. The first-order valence-electron chi connectivity index (χ1n) is 2.58. The Kier molecular flexibility index (Phi) is 2.12. The minimum absolute atomic E-state index is 0.0915. The molecule has 0 aliphatic rings. The molecule has 0 atom stereocenters. The number of carbonyl (C=O) groups excluding carboxylic acids is 2. The first kappa shape index (κ1) is 7.61. The quantitative estimate of drug-likeness (QED) is 0.587. The van der Waals surface area contributed by atoms with Gasteiger partial charge in [-0.15, -0.1) is 5.10 Å². The Labute approximate surface area is 65.6 Å². The van der Waals surface area contributed by atoms with Crippen molar-refractivity contribution in [2.75, 3.05) is 0 Å². The van der Waals surface area contributed by atoms with Crippen LogP contribution in [0.3, 0.4) is 0 Å². The highest BCUT2D eigenvalue weighted by Gasteiger charge is 2.09. The van der Waals surface area contributed by atoms with Gasteiger partial charge >= 0.3 is 6.03 Å². The second-order valence-corrected chi connectivity index (χ2v) is 2.22. The molecule has 0 spiro atoms. The molecule has 0 aliphatic carbocycles. The van der Waals surface area contributed by atoms with Gasteiger partial charge in [-0.2, -0.15) is 0 Å². The fourth-order valence-corrected chi connectivity index (χ4v) is 0.876. The van der Waals surface area contributed by atoms with Crippen LogP contribution in [0, 0.1) is 0 Å². The van der Waals surface area contributed by atoms with Crippen LogP contribution in [0.5, 0.6) is 0 Å². The average Bonchev–Trinajstić information content (AvgIpc) is 2.35. The summed E-state index contributed by atoms with van der Waals surface area (Å²) in [5.74, 6) is -0.633. The van der Waals surface area contributed by atoms with E-state index in [1.54, 1.807) is 0 Å². The van der Waals surface area contributed by atoms with Crippen molar-refractivity contribution in [3.05, 3.63) is 11.1 Å². The standard InChI is InChI=1S/C4H4N4O2S/c5-4(10)6-3(9)2-1-11-8-7-2/h1H,(H3,5,6,9,10). The van der Waals surface area contributed by atoms with E-state index < -0.39 is 11.9 Å². The summed E-state index contributed by atoms with van der Waals surface area (Å²) < 4.78 is 3.43. The summed E-state index contributed by atoms with van der Waals surface area (Å²) >= 11 is 1.02. The Morgan fingerprint density at radius 2 is 2.36 bits per heavy atom. The molecule has 0 saturated heterocycles. The minimum Gasteiger partial charge on any atom is -0.351 e. The van der Waals surface area contributed by atoms with Gasteiger partial charge in [0.1, 0.15) is 0 Å². The van der Waals surface area contributed by atoms with Gasteiger partial charge in [-0.05, 0) is 11.5 Å². The molecule has 1 heterocycles. The van der Waals surface area contributed by atoms with Crippen LogP contribution in [0.2, 0.25) is 0 Å². The highest BCUT2D eigenvalue weighted by atomic mass is 32.1. The number of rotatable bonds is 1. The van der Waals surface area contributed by atoms with Crippen molar-refractivity contribution >= 4 is 23.5 Å². The third-order valence-electron chi connectivity index (χ3n) is 0.829. The van der Waals surface area contributed by atoms with Gasteiger partial charge in [0.2, 0.25) is 0 Å². The molecule has 0 fully saturated rings. The van der Waals surface area contributed by atoms with E-state index in [1.807, 2.05) is 5.32 Å². The number of primary amides is 1. The molecule has 58 valence electrons. The zero-order chi connectivity index (χ0) is 8.27. The molecule has 7 heteroatoms. The Balaban J connectivity index is 2.64. The number of hydrogen-bond acceptors (Lipinski definition) is 5. The van der Waals surface area contributed by atoms with E-state index in [-0.39, 0.29) is 5.69 Å². The Morgan fingerprint density at radius 1 is 1.64 bits per heavy atom. The smallest absolute Gasteiger partial charge is 0.319 e. The number of nitrogens with one attached hydrogen (secondary N) is 1. The SMILES string of the molecule is NC(=O)NC(=O)c1csnn1. The van der Waals surface area contributed by atoms with Crippen molar-refractivity contribution in [2.45, 2.75) is 0 Å². The third kappa shape index (κ3) is 1.97. The maximum Gasteiger partial charge on any atom is 0.319 e. The highest BCUT2D eigenvalue weighted by Crippen LogP contribution is 1.95. The second kappa shape index (κ2) is 3.06. The predicted octanol–water partition coefficient (Wildman–Crippen LogP) is -0.653. The Hall–Kier alpha value is -1.50. The van der Waals surface area contributed by atoms with Crippen LogP contribution < -0.4 is 11.1 Å². The topological polar surface area (TPSA) is 98.0 Å². The normalized spacial score (nSPS) is 9.09. The molecule has 0 aliphatic heterocycles. The van der Waals surface area contributed by atoms with Crippen LogP contribution in [0.1, 0.15) is 10.5 Å². The molecular weight excluding hydrogens is 168 g/mol.